The predicted octanol–water partition coefficient (Wildman–Crippen LogP) is 5.68. The molecule has 0 unspecified atom stereocenters. The van der Waals surface area contributed by atoms with Crippen LogP contribution in [0.5, 0.6) is 5.75 Å². The van der Waals surface area contributed by atoms with Crippen molar-refractivity contribution in [3.8, 4) is 16.9 Å². The average Bonchev–Trinajstić information content (AvgIpc) is 3.11. The van der Waals surface area contributed by atoms with Gasteiger partial charge in [-0.2, -0.15) is 0 Å². The summed E-state index contributed by atoms with van der Waals surface area (Å²) in [6.07, 6.45) is 0. The standard InChI is InChI=1S/C22H20BrNO4S/c1-3-27-22(26)20-18(15-9-7-14(2)8-10-15)13-29-21(20)24-19(25)12-28-17-6-4-5-16(23)11-17/h4-11,13H,3,12H2,1-2H3,(H,24,25). The van der Waals surface area contributed by atoms with Crippen molar-refractivity contribution < 1.29 is 19.1 Å². The van der Waals surface area contributed by atoms with Crippen molar-refractivity contribution in [3.63, 3.8) is 0 Å². The number of nitrogens with one attached hydrogen (secondary N) is 1. The summed E-state index contributed by atoms with van der Waals surface area (Å²) in [4.78, 5) is 25.0. The smallest absolute Gasteiger partial charge is 0.341 e. The van der Waals surface area contributed by atoms with Crippen LogP contribution in [0.3, 0.4) is 0 Å². The van der Waals surface area contributed by atoms with Gasteiger partial charge >= 0.3 is 5.97 Å². The first kappa shape index (κ1) is 21.1. The second-order valence-electron chi connectivity index (χ2n) is 6.23. The van der Waals surface area contributed by atoms with Gasteiger partial charge in [0.15, 0.2) is 6.61 Å². The summed E-state index contributed by atoms with van der Waals surface area (Å²) in [7, 11) is 0. The lowest BCUT2D eigenvalue weighted by atomic mass is 10.0. The van der Waals surface area contributed by atoms with Crippen LogP contribution < -0.4 is 10.1 Å². The highest BCUT2D eigenvalue weighted by atomic mass is 79.9. The van der Waals surface area contributed by atoms with Crippen LogP contribution in [0.2, 0.25) is 0 Å². The minimum absolute atomic E-state index is 0.170. The molecular formula is C22H20BrNO4S. The van der Waals surface area contributed by atoms with Crippen LogP contribution in [0.15, 0.2) is 58.4 Å². The Bertz CT molecular complexity index is 1010. The van der Waals surface area contributed by atoms with Crippen LogP contribution in [-0.2, 0) is 9.53 Å². The maximum absolute atomic E-state index is 12.6. The van der Waals surface area contributed by atoms with Gasteiger partial charge in [-0.3, -0.25) is 4.79 Å². The largest absolute Gasteiger partial charge is 0.484 e. The molecule has 0 saturated carbocycles. The van der Waals surface area contributed by atoms with Gasteiger partial charge in [0.2, 0.25) is 0 Å². The summed E-state index contributed by atoms with van der Waals surface area (Å²) in [5, 5.41) is 5.07. The number of carbonyl (C=O) groups is 2. The molecule has 0 aliphatic heterocycles. The Kier molecular flexibility index (Phi) is 7.06. The third-order valence-electron chi connectivity index (χ3n) is 4.05. The van der Waals surface area contributed by atoms with E-state index in [0.29, 0.717) is 16.3 Å². The molecule has 0 bridgehead atoms. The first-order chi connectivity index (χ1) is 14.0. The Morgan fingerprint density at radius 2 is 1.90 bits per heavy atom. The third kappa shape index (κ3) is 5.46. The summed E-state index contributed by atoms with van der Waals surface area (Å²) in [6.45, 7) is 3.83. The zero-order chi connectivity index (χ0) is 20.8. The fraction of sp³-hybridized carbons (Fsp3) is 0.182. The Balaban J connectivity index is 1.79. The maximum atomic E-state index is 12.6. The van der Waals surface area contributed by atoms with Gasteiger partial charge in [-0.15, -0.1) is 11.3 Å². The van der Waals surface area contributed by atoms with Crippen LogP contribution in [0, 0.1) is 6.92 Å². The molecule has 150 valence electrons. The summed E-state index contributed by atoms with van der Waals surface area (Å²) in [5.74, 6) is -0.243. The minimum Gasteiger partial charge on any atom is -0.484 e. The maximum Gasteiger partial charge on any atom is 0.341 e. The van der Waals surface area contributed by atoms with Gasteiger partial charge in [-0.05, 0) is 37.6 Å². The second kappa shape index (κ2) is 9.71. The number of rotatable bonds is 7. The molecule has 5 nitrogen and oxygen atoms in total. The molecule has 7 heteroatoms. The minimum atomic E-state index is -0.465. The fourth-order valence-electron chi connectivity index (χ4n) is 2.67. The lowest BCUT2D eigenvalue weighted by molar-refractivity contribution is -0.118. The van der Waals surface area contributed by atoms with Crippen molar-refractivity contribution in [3.05, 3.63) is 69.5 Å². The summed E-state index contributed by atoms with van der Waals surface area (Å²) < 4.78 is 11.6. The van der Waals surface area contributed by atoms with Crippen molar-refractivity contribution in [1.82, 2.24) is 0 Å². The molecule has 0 fully saturated rings. The quantitative estimate of drug-likeness (QED) is 0.448. The number of benzene rings is 2. The third-order valence-corrected chi connectivity index (χ3v) is 5.44. The zero-order valence-electron chi connectivity index (χ0n) is 16.0. The number of hydrogen-bond acceptors (Lipinski definition) is 5. The highest BCUT2D eigenvalue weighted by Crippen LogP contribution is 2.36. The number of ether oxygens (including phenoxy) is 2. The zero-order valence-corrected chi connectivity index (χ0v) is 18.4. The van der Waals surface area contributed by atoms with Gasteiger partial charge in [0, 0.05) is 15.4 Å². The number of amides is 1. The summed E-state index contributed by atoms with van der Waals surface area (Å²) in [5.41, 5.74) is 3.11. The Morgan fingerprint density at radius 3 is 2.59 bits per heavy atom. The number of carbonyl (C=O) groups excluding carboxylic acids is 2. The highest BCUT2D eigenvalue weighted by molar-refractivity contribution is 9.10. The van der Waals surface area contributed by atoms with Crippen LogP contribution in [0.25, 0.3) is 11.1 Å². The first-order valence-electron chi connectivity index (χ1n) is 9.01. The van der Waals surface area contributed by atoms with E-state index in [9.17, 15) is 9.59 Å². The van der Waals surface area contributed by atoms with E-state index in [2.05, 4.69) is 21.2 Å². The molecule has 3 aromatic rings. The fourth-order valence-corrected chi connectivity index (χ4v) is 4.02. The van der Waals surface area contributed by atoms with E-state index >= 15 is 0 Å². The molecule has 0 atom stereocenters. The van der Waals surface area contributed by atoms with Gasteiger partial charge in [0.1, 0.15) is 16.3 Å². The van der Waals surface area contributed by atoms with Gasteiger partial charge in [0.25, 0.3) is 5.91 Å². The molecule has 1 amide bonds. The normalized spacial score (nSPS) is 10.4. The van der Waals surface area contributed by atoms with Crippen molar-refractivity contribution in [2.75, 3.05) is 18.5 Å². The molecule has 0 radical (unpaired) electrons. The van der Waals surface area contributed by atoms with Crippen LogP contribution in [0.4, 0.5) is 5.00 Å². The molecule has 1 heterocycles. The van der Waals surface area contributed by atoms with Gasteiger partial charge in [-0.25, -0.2) is 4.79 Å². The number of thiophene rings is 1. The van der Waals surface area contributed by atoms with Gasteiger partial charge in [-0.1, -0.05) is 51.8 Å². The highest BCUT2D eigenvalue weighted by Gasteiger charge is 2.23. The lowest BCUT2D eigenvalue weighted by Gasteiger charge is -2.10. The van der Waals surface area contributed by atoms with E-state index in [1.165, 1.54) is 11.3 Å². The number of halogens is 1. The van der Waals surface area contributed by atoms with E-state index < -0.39 is 5.97 Å². The second-order valence-corrected chi connectivity index (χ2v) is 8.03. The van der Waals surface area contributed by atoms with Gasteiger partial charge < -0.3 is 14.8 Å². The monoisotopic (exact) mass is 473 g/mol. The molecule has 1 N–H and O–H groups in total. The molecule has 3 rings (SSSR count). The number of hydrogen-bond donors (Lipinski definition) is 1. The first-order valence-corrected chi connectivity index (χ1v) is 10.7. The molecule has 0 aliphatic carbocycles. The van der Waals surface area contributed by atoms with E-state index in [0.717, 1.165) is 21.2 Å². The molecule has 29 heavy (non-hydrogen) atoms. The van der Waals surface area contributed by atoms with E-state index in [4.69, 9.17) is 9.47 Å². The topological polar surface area (TPSA) is 64.6 Å². The Hall–Kier alpha value is -2.64. The molecule has 1 aromatic heterocycles. The van der Waals surface area contributed by atoms with E-state index in [1.54, 1.807) is 19.1 Å². The molecule has 0 aliphatic rings. The molecule has 2 aromatic carbocycles. The van der Waals surface area contributed by atoms with Crippen molar-refractivity contribution in [2.24, 2.45) is 0 Å². The lowest BCUT2D eigenvalue weighted by Crippen LogP contribution is -2.21. The van der Waals surface area contributed by atoms with Crippen LogP contribution in [0.1, 0.15) is 22.8 Å². The van der Waals surface area contributed by atoms with Crippen LogP contribution in [-0.4, -0.2) is 25.1 Å². The van der Waals surface area contributed by atoms with Crippen LogP contribution >= 0.6 is 27.3 Å². The molecule has 0 spiro atoms. The summed E-state index contributed by atoms with van der Waals surface area (Å²) >= 11 is 4.65. The molecule has 0 saturated heterocycles. The van der Waals surface area contributed by atoms with Crippen molar-refractivity contribution in [1.29, 1.82) is 0 Å². The summed E-state index contributed by atoms with van der Waals surface area (Å²) in [6, 6.07) is 15.1. The van der Waals surface area contributed by atoms with Crippen molar-refractivity contribution >= 4 is 44.1 Å². The average molecular weight is 474 g/mol. The Labute approximate surface area is 181 Å². The number of anilines is 1. The van der Waals surface area contributed by atoms with E-state index in [-0.39, 0.29) is 19.1 Å². The van der Waals surface area contributed by atoms with Crippen molar-refractivity contribution in [2.45, 2.75) is 13.8 Å². The molecular weight excluding hydrogens is 454 g/mol. The number of esters is 1. The Morgan fingerprint density at radius 1 is 1.14 bits per heavy atom. The predicted molar refractivity (Wildman–Crippen MR) is 119 cm³/mol. The van der Waals surface area contributed by atoms with Gasteiger partial charge in [0.05, 0.1) is 6.61 Å². The number of aryl methyl sites for hydroxylation is 1. The van der Waals surface area contributed by atoms with E-state index in [1.807, 2.05) is 48.7 Å². The SMILES string of the molecule is CCOC(=O)c1c(-c2ccc(C)cc2)csc1NC(=O)COc1cccc(Br)c1.